The van der Waals surface area contributed by atoms with Crippen LogP contribution in [0.5, 0.6) is 0 Å². The fraction of sp³-hybridized carbons (Fsp3) is 0.208. The Kier molecular flexibility index (Phi) is 5.45. The summed E-state index contributed by atoms with van der Waals surface area (Å²) in [7, 11) is 4.04. The maximum absolute atomic E-state index is 13.6. The van der Waals surface area contributed by atoms with Gasteiger partial charge in [0.25, 0.3) is 5.56 Å². The van der Waals surface area contributed by atoms with Crippen molar-refractivity contribution in [2.75, 3.05) is 31.2 Å². The second kappa shape index (κ2) is 8.41. The molecule has 32 heavy (non-hydrogen) atoms. The molecule has 0 saturated carbocycles. The number of anilines is 1. The lowest BCUT2D eigenvalue weighted by molar-refractivity contribution is 0.122. The van der Waals surface area contributed by atoms with Crippen LogP contribution in [0.15, 0.2) is 59.8 Å². The summed E-state index contributed by atoms with van der Waals surface area (Å²) in [6.45, 7) is 3.24. The highest BCUT2D eigenvalue weighted by molar-refractivity contribution is 6.30. The average molecular weight is 452 g/mol. The first-order chi connectivity index (χ1) is 15.5. The summed E-state index contributed by atoms with van der Waals surface area (Å²) in [6, 6.07) is 9.81. The minimum Gasteiger partial charge on any atom is -0.378 e. The molecule has 1 aliphatic heterocycles. The number of morpholine rings is 1. The Hall–Kier alpha value is -3.16. The summed E-state index contributed by atoms with van der Waals surface area (Å²) < 4.78 is 22.3. The minimum atomic E-state index is -0.427. The molecule has 5 rings (SSSR count). The fourth-order valence-corrected chi connectivity index (χ4v) is 4.33. The van der Waals surface area contributed by atoms with Crippen LogP contribution in [-0.4, -0.2) is 40.4 Å². The van der Waals surface area contributed by atoms with Crippen molar-refractivity contribution in [1.29, 1.82) is 0 Å². The molecule has 3 aromatic heterocycles. The van der Waals surface area contributed by atoms with E-state index in [0.717, 1.165) is 40.9 Å². The number of nitrogens with zero attached hydrogens (tertiary/aromatic N) is 4. The molecule has 1 fully saturated rings. The molecule has 0 spiro atoms. The quantitative estimate of drug-likeness (QED) is 0.467. The largest absolute Gasteiger partial charge is 0.378 e. The number of hydrogen-bond acceptors (Lipinski definition) is 4. The van der Waals surface area contributed by atoms with Gasteiger partial charge in [0.2, 0.25) is 0 Å². The summed E-state index contributed by atoms with van der Waals surface area (Å²) in [5.74, 6) is -0.427. The number of fused-ring (bicyclic) bond motifs is 1. The molecule has 1 aliphatic rings. The molecule has 4 aromatic rings. The van der Waals surface area contributed by atoms with Crippen LogP contribution in [0.25, 0.3) is 22.2 Å². The van der Waals surface area contributed by atoms with Crippen LogP contribution in [0, 0.1) is 12.9 Å². The summed E-state index contributed by atoms with van der Waals surface area (Å²) >= 11 is 5.94. The smallest absolute Gasteiger partial charge is 0.251 e. The van der Waals surface area contributed by atoms with Gasteiger partial charge in [-0.2, -0.15) is 0 Å². The zero-order valence-corrected chi connectivity index (χ0v) is 18.1. The van der Waals surface area contributed by atoms with Crippen molar-refractivity contribution in [2.45, 2.75) is 6.54 Å². The monoisotopic (exact) mass is 451 g/mol. The van der Waals surface area contributed by atoms with Gasteiger partial charge in [-0.25, -0.2) is 9.37 Å². The summed E-state index contributed by atoms with van der Waals surface area (Å²) in [6.07, 6.45) is 5.44. The maximum Gasteiger partial charge on any atom is 0.251 e. The van der Waals surface area contributed by atoms with Crippen LogP contribution < -0.4 is 10.5 Å². The van der Waals surface area contributed by atoms with Crippen molar-refractivity contribution in [3.8, 4) is 11.1 Å². The third-order valence-corrected chi connectivity index (χ3v) is 5.88. The van der Waals surface area contributed by atoms with Crippen LogP contribution >= 0.6 is 11.6 Å². The van der Waals surface area contributed by atoms with E-state index < -0.39 is 5.82 Å². The predicted octanol–water partition coefficient (Wildman–Crippen LogP) is 4.18. The Labute approximate surface area is 189 Å². The van der Waals surface area contributed by atoms with E-state index in [0.29, 0.717) is 23.8 Å². The maximum atomic E-state index is 13.6. The molecule has 0 aliphatic carbocycles. The van der Waals surface area contributed by atoms with E-state index in [4.69, 9.17) is 16.3 Å². The van der Waals surface area contributed by atoms with Crippen LogP contribution in [0.4, 0.5) is 10.1 Å². The zero-order valence-electron chi connectivity index (χ0n) is 17.3. The summed E-state index contributed by atoms with van der Waals surface area (Å²) in [5, 5.41) is 1.23. The van der Waals surface area contributed by atoms with Gasteiger partial charge in [0.05, 0.1) is 31.6 Å². The number of aromatic nitrogens is 3. The van der Waals surface area contributed by atoms with E-state index >= 15 is 0 Å². The van der Waals surface area contributed by atoms with E-state index in [1.54, 1.807) is 22.9 Å². The van der Waals surface area contributed by atoms with E-state index in [9.17, 15) is 9.18 Å². The van der Waals surface area contributed by atoms with Crippen LogP contribution in [-0.2, 0) is 11.3 Å². The topological polar surface area (TPSA) is 52.3 Å². The van der Waals surface area contributed by atoms with Crippen molar-refractivity contribution >= 4 is 28.3 Å². The molecule has 163 valence electrons. The molecule has 0 unspecified atom stereocenters. The standard InChI is InChI=1S/C24H21ClFN4O2/c1-28-15-22(21-12-20(13-27-24(21)28)29-4-6-32-7-5-29)17-2-3-30(23(31)10-17)14-16-8-18(25)11-19(26)9-16/h2-3,8-13,15H,1,4-7,14H2. The SMILES string of the molecule is [CH2]n1cc(-c2ccn(Cc3cc(F)cc(Cl)c3)c(=O)c2)c2cc(N3CCOCC3)cnc21. The van der Waals surface area contributed by atoms with Gasteiger partial charge < -0.3 is 18.8 Å². The highest BCUT2D eigenvalue weighted by Gasteiger charge is 2.16. The van der Waals surface area contributed by atoms with Gasteiger partial charge in [-0.1, -0.05) is 11.6 Å². The Morgan fingerprint density at radius 3 is 2.72 bits per heavy atom. The Morgan fingerprint density at radius 1 is 1.16 bits per heavy atom. The Balaban J connectivity index is 1.50. The number of halogens is 2. The Bertz CT molecular complexity index is 1340. The number of hydrogen-bond donors (Lipinski definition) is 0. The third kappa shape index (κ3) is 4.01. The molecule has 1 radical (unpaired) electrons. The number of benzene rings is 1. The van der Waals surface area contributed by atoms with Gasteiger partial charge in [0.1, 0.15) is 11.5 Å². The summed E-state index contributed by atoms with van der Waals surface area (Å²) in [5.41, 5.74) is 3.86. The van der Waals surface area contributed by atoms with Gasteiger partial charge in [-0.3, -0.25) is 4.79 Å². The molecular weight excluding hydrogens is 431 g/mol. The highest BCUT2D eigenvalue weighted by atomic mass is 35.5. The highest BCUT2D eigenvalue weighted by Crippen LogP contribution is 2.31. The summed E-state index contributed by atoms with van der Waals surface area (Å²) in [4.78, 5) is 19.7. The second-order valence-electron chi connectivity index (χ2n) is 7.84. The minimum absolute atomic E-state index is 0.190. The Morgan fingerprint density at radius 2 is 1.97 bits per heavy atom. The lowest BCUT2D eigenvalue weighted by atomic mass is 10.1. The molecule has 0 amide bonds. The fourth-order valence-electron chi connectivity index (χ4n) is 4.09. The van der Waals surface area contributed by atoms with Crippen molar-refractivity contribution in [3.63, 3.8) is 0 Å². The molecule has 6 nitrogen and oxygen atoms in total. The average Bonchev–Trinajstić information content (AvgIpc) is 3.11. The molecule has 0 atom stereocenters. The molecule has 4 heterocycles. The first-order valence-electron chi connectivity index (χ1n) is 10.3. The van der Waals surface area contributed by atoms with E-state index in [-0.39, 0.29) is 12.1 Å². The molecule has 8 heteroatoms. The lowest BCUT2D eigenvalue weighted by Crippen LogP contribution is -2.36. The van der Waals surface area contributed by atoms with Crippen LogP contribution in [0.1, 0.15) is 5.56 Å². The van der Waals surface area contributed by atoms with Gasteiger partial charge in [-0.15, -0.1) is 0 Å². The van der Waals surface area contributed by atoms with E-state index in [1.165, 1.54) is 16.7 Å². The van der Waals surface area contributed by atoms with Gasteiger partial charge in [-0.05, 0) is 41.5 Å². The van der Waals surface area contributed by atoms with Crippen LogP contribution in [0.2, 0.25) is 5.02 Å². The molecular formula is C24H21ClFN4O2. The van der Waals surface area contributed by atoms with Gasteiger partial charge in [0.15, 0.2) is 0 Å². The first kappa shape index (κ1) is 20.7. The second-order valence-corrected chi connectivity index (χ2v) is 8.27. The first-order valence-corrected chi connectivity index (χ1v) is 10.7. The number of rotatable bonds is 4. The molecule has 1 aromatic carbocycles. The molecule has 0 N–H and O–H groups in total. The molecule has 1 saturated heterocycles. The predicted molar refractivity (Wildman–Crippen MR) is 124 cm³/mol. The van der Waals surface area contributed by atoms with Gasteiger partial charge >= 0.3 is 0 Å². The number of ether oxygens (including phenoxy) is 1. The van der Waals surface area contributed by atoms with Crippen molar-refractivity contribution in [3.05, 3.63) is 88.8 Å². The van der Waals surface area contributed by atoms with Crippen LogP contribution in [0.3, 0.4) is 0 Å². The van der Waals surface area contributed by atoms with Crippen molar-refractivity contribution in [1.82, 2.24) is 14.1 Å². The lowest BCUT2D eigenvalue weighted by Gasteiger charge is -2.28. The van der Waals surface area contributed by atoms with E-state index in [2.05, 4.69) is 23.0 Å². The van der Waals surface area contributed by atoms with E-state index in [1.807, 2.05) is 18.5 Å². The third-order valence-electron chi connectivity index (χ3n) is 5.66. The normalized spacial score (nSPS) is 14.3. The van der Waals surface area contributed by atoms with Crippen molar-refractivity contribution < 1.29 is 9.13 Å². The van der Waals surface area contributed by atoms with Crippen molar-refractivity contribution in [2.24, 2.45) is 0 Å². The molecule has 0 bridgehead atoms. The zero-order chi connectivity index (χ0) is 22.2. The van der Waals surface area contributed by atoms with Gasteiger partial charge in [0, 0.05) is 54.6 Å². The number of pyridine rings is 2.